The molecule has 1 atom stereocenters. The second-order valence-corrected chi connectivity index (χ2v) is 5.38. The van der Waals surface area contributed by atoms with Crippen LogP contribution in [0.3, 0.4) is 0 Å². The van der Waals surface area contributed by atoms with Gasteiger partial charge in [-0.3, -0.25) is 15.2 Å². The normalized spacial score (nSPS) is 18.4. The van der Waals surface area contributed by atoms with E-state index in [1.807, 2.05) is 18.2 Å². The molecule has 4 rings (SSSR count). The van der Waals surface area contributed by atoms with Crippen LogP contribution in [0, 0.1) is 0 Å². The Balaban J connectivity index is 1.68. The summed E-state index contributed by atoms with van der Waals surface area (Å²) >= 11 is 0. The number of hydrogen-bond donors (Lipinski definition) is 3. The van der Waals surface area contributed by atoms with Crippen molar-refractivity contribution in [1.29, 1.82) is 0 Å². The van der Waals surface area contributed by atoms with Gasteiger partial charge in [0.1, 0.15) is 5.82 Å². The number of hydrogen-bond acceptors (Lipinski definition) is 4. The summed E-state index contributed by atoms with van der Waals surface area (Å²) in [6.45, 7) is 0. The highest BCUT2D eigenvalue weighted by Gasteiger charge is 2.19. The van der Waals surface area contributed by atoms with Crippen LogP contribution in [0.4, 0.5) is 0 Å². The third kappa shape index (κ3) is 2.33. The number of carbonyl (C=O) groups is 1. The lowest BCUT2D eigenvalue weighted by Crippen LogP contribution is -2.44. The molecule has 1 aromatic carbocycles. The molecule has 0 spiro atoms. The number of nitrogens with one attached hydrogen (secondary N) is 3. The topological polar surface area (TPSA) is 82.7 Å². The van der Waals surface area contributed by atoms with Crippen molar-refractivity contribution in [2.45, 2.75) is 18.9 Å². The molecule has 1 unspecified atom stereocenters. The van der Waals surface area contributed by atoms with Crippen molar-refractivity contribution in [3.63, 3.8) is 0 Å². The molecule has 1 aliphatic heterocycles. The lowest BCUT2D eigenvalue weighted by molar-refractivity contribution is -0.124. The molecule has 3 N–H and O–H groups in total. The molecule has 1 amide bonds. The summed E-state index contributed by atoms with van der Waals surface area (Å²) in [5.74, 6) is 0.873. The van der Waals surface area contributed by atoms with Gasteiger partial charge in [-0.05, 0) is 36.2 Å². The second kappa shape index (κ2) is 5.23. The van der Waals surface area contributed by atoms with Crippen molar-refractivity contribution in [2.75, 3.05) is 0 Å². The SMILES string of the molecule is O=C1CCC(c2ccc3nc(-c4ccncc4)[nH]c3c2)NN1. The first-order valence-corrected chi connectivity index (χ1v) is 7.24. The van der Waals surface area contributed by atoms with Crippen LogP contribution in [-0.4, -0.2) is 20.9 Å². The Morgan fingerprint density at radius 1 is 1.14 bits per heavy atom. The van der Waals surface area contributed by atoms with Gasteiger partial charge in [0.25, 0.3) is 0 Å². The zero-order chi connectivity index (χ0) is 14.9. The van der Waals surface area contributed by atoms with Gasteiger partial charge in [0.15, 0.2) is 0 Å². The minimum absolute atomic E-state index is 0.0406. The van der Waals surface area contributed by atoms with Gasteiger partial charge in [-0.2, -0.15) is 0 Å². The molecule has 0 aliphatic carbocycles. The Morgan fingerprint density at radius 3 is 2.77 bits per heavy atom. The van der Waals surface area contributed by atoms with Gasteiger partial charge in [-0.1, -0.05) is 6.07 Å². The quantitative estimate of drug-likeness (QED) is 0.675. The van der Waals surface area contributed by atoms with Crippen LogP contribution in [0.2, 0.25) is 0 Å². The average Bonchev–Trinajstić information content (AvgIpc) is 2.99. The van der Waals surface area contributed by atoms with E-state index < -0.39 is 0 Å². The van der Waals surface area contributed by atoms with Crippen molar-refractivity contribution < 1.29 is 4.79 Å². The lowest BCUT2D eigenvalue weighted by Gasteiger charge is -2.24. The van der Waals surface area contributed by atoms with Crippen LogP contribution in [0.25, 0.3) is 22.4 Å². The molecule has 3 aromatic rings. The summed E-state index contributed by atoms with van der Waals surface area (Å²) in [7, 11) is 0. The number of imidazole rings is 1. The highest BCUT2D eigenvalue weighted by Crippen LogP contribution is 2.25. The largest absolute Gasteiger partial charge is 0.338 e. The number of aromatic nitrogens is 3. The molecule has 22 heavy (non-hydrogen) atoms. The van der Waals surface area contributed by atoms with E-state index in [-0.39, 0.29) is 11.9 Å². The fraction of sp³-hybridized carbons (Fsp3) is 0.188. The number of carbonyl (C=O) groups excluding carboxylic acids is 1. The number of aromatic amines is 1. The molecule has 0 radical (unpaired) electrons. The van der Waals surface area contributed by atoms with Crippen LogP contribution in [0.1, 0.15) is 24.4 Å². The average molecular weight is 293 g/mol. The zero-order valence-electron chi connectivity index (χ0n) is 11.8. The maximum atomic E-state index is 11.2. The number of pyridine rings is 1. The number of hydrazine groups is 1. The molecule has 1 aliphatic rings. The molecule has 1 fully saturated rings. The van der Waals surface area contributed by atoms with Gasteiger partial charge in [0, 0.05) is 24.4 Å². The predicted molar refractivity (Wildman–Crippen MR) is 82.6 cm³/mol. The summed E-state index contributed by atoms with van der Waals surface area (Å²) in [4.78, 5) is 23.2. The first kappa shape index (κ1) is 13.0. The van der Waals surface area contributed by atoms with Crippen LogP contribution in [0.15, 0.2) is 42.7 Å². The molecule has 6 heteroatoms. The number of H-pyrrole nitrogens is 1. The summed E-state index contributed by atoms with van der Waals surface area (Å²) < 4.78 is 0. The highest BCUT2D eigenvalue weighted by atomic mass is 16.2. The van der Waals surface area contributed by atoms with E-state index in [0.29, 0.717) is 6.42 Å². The fourth-order valence-corrected chi connectivity index (χ4v) is 2.72. The van der Waals surface area contributed by atoms with Gasteiger partial charge in [-0.15, -0.1) is 0 Å². The Morgan fingerprint density at radius 2 is 2.00 bits per heavy atom. The standard InChI is InChI=1S/C16H15N5O/c22-15-4-3-12(20-21-15)11-1-2-13-14(9-11)19-16(18-13)10-5-7-17-8-6-10/h1-2,5-9,12,20H,3-4H2,(H,18,19)(H,21,22). The Bertz CT molecular complexity index is 817. The molecule has 0 bridgehead atoms. The van der Waals surface area contributed by atoms with Crippen molar-refractivity contribution in [2.24, 2.45) is 0 Å². The molecule has 110 valence electrons. The van der Waals surface area contributed by atoms with Gasteiger partial charge < -0.3 is 4.98 Å². The molecule has 0 saturated carbocycles. The third-order valence-corrected chi connectivity index (χ3v) is 3.91. The smallest absolute Gasteiger partial charge is 0.234 e. The van der Waals surface area contributed by atoms with E-state index >= 15 is 0 Å². The molecule has 2 aromatic heterocycles. The first-order chi connectivity index (χ1) is 10.8. The van der Waals surface area contributed by atoms with Crippen molar-refractivity contribution in [3.8, 4) is 11.4 Å². The molecule has 1 saturated heterocycles. The maximum Gasteiger partial charge on any atom is 0.234 e. The van der Waals surface area contributed by atoms with Gasteiger partial charge in [0.2, 0.25) is 5.91 Å². The Hall–Kier alpha value is -2.73. The van der Waals surface area contributed by atoms with Crippen LogP contribution in [-0.2, 0) is 4.79 Å². The minimum atomic E-state index is 0.0406. The predicted octanol–water partition coefficient (Wildman–Crippen LogP) is 2.08. The van der Waals surface area contributed by atoms with E-state index in [1.165, 1.54) is 0 Å². The highest BCUT2D eigenvalue weighted by molar-refractivity contribution is 5.80. The number of amides is 1. The second-order valence-electron chi connectivity index (χ2n) is 5.38. The number of rotatable bonds is 2. The van der Waals surface area contributed by atoms with E-state index in [9.17, 15) is 4.79 Å². The summed E-state index contributed by atoms with van der Waals surface area (Å²) in [6.07, 6.45) is 4.84. The summed E-state index contributed by atoms with van der Waals surface area (Å²) in [5, 5.41) is 0. The monoisotopic (exact) mass is 293 g/mol. The Kier molecular flexibility index (Phi) is 3.08. The van der Waals surface area contributed by atoms with Crippen LogP contribution >= 0.6 is 0 Å². The molecule has 3 heterocycles. The van der Waals surface area contributed by atoms with Gasteiger partial charge in [0.05, 0.1) is 17.1 Å². The number of nitrogens with zero attached hydrogens (tertiary/aromatic N) is 2. The van der Waals surface area contributed by atoms with E-state index in [0.717, 1.165) is 34.4 Å². The fourth-order valence-electron chi connectivity index (χ4n) is 2.72. The van der Waals surface area contributed by atoms with Crippen molar-refractivity contribution in [3.05, 3.63) is 48.3 Å². The van der Waals surface area contributed by atoms with Crippen LogP contribution in [0.5, 0.6) is 0 Å². The van der Waals surface area contributed by atoms with E-state index in [1.54, 1.807) is 12.4 Å². The van der Waals surface area contributed by atoms with Crippen molar-refractivity contribution in [1.82, 2.24) is 25.8 Å². The van der Waals surface area contributed by atoms with E-state index in [4.69, 9.17) is 0 Å². The lowest BCUT2D eigenvalue weighted by atomic mass is 10.0. The molecular weight excluding hydrogens is 278 g/mol. The Labute approximate surface area is 127 Å². The van der Waals surface area contributed by atoms with E-state index in [2.05, 4.69) is 37.9 Å². The molecule has 6 nitrogen and oxygen atoms in total. The number of fused-ring (bicyclic) bond motifs is 1. The maximum absolute atomic E-state index is 11.2. The third-order valence-electron chi connectivity index (χ3n) is 3.91. The summed E-state index contributed by atoms with van der Waals surface area (Å²) in [5.41, 5.74) is 9.80. The minimum Gasteiger partial charge on any atom is -0.338 e. The van der Waals surface area contributed by atoms with Crippen LogP contribution < -0.4 is 10.9 Å². The van der Waals surface area contributed by atoms with Gasteiger partial charge in [-0.25, -0.2) is 10.4 Å². The van der Waals surface area contributed by atoms with Gasteiger partial charge >= 0.3 is 0 Å². The molecular formula is C16H15N5O. The van der Waals surface area contributed by atoms with Crippen molar-refractivity contribution >= 4 is 16.9 Å². The number of benzene rings is 1. The zero-order valence-corrected chi connectivity index (χ0v) is 11.8. The first-order valence-electron chi connectivity index (χ1n) is 7.24. The summed E-state index contributed by atoms with van der Waals surface area (Å²) in [6, 6.07) is 10.1.